The summed E-state index contributed by atoms with van der Waals surface area (Å²) in [5.74, 6) is 0. The van der Waals surface area contributed by atoms with Crippen LogP contribution in [0.15, 0.2) is 0 Å². The van der Waals surface area contributed by atoms with Gasteiger partial charge in [0.1, 0.15) is 0 Å². The number of hydrogen-bond acceptors (Lipinski definition) is 0. The third-order valence-electron chi connectivity index (χ3n) is 0.533. The Hall–Kier alpha value is 1.25. The van der Waals surface area contributed by atoms with Crippen molar-refractivity contribution < 1.29 is 0 Å². The average Bonchev–Trinajstić information content (AvgIpc) is 1.30. The summed E-state index contributed by atoms with van der Waals surface area (Å²) in [5, 5.41) is 0. The Kier molecular flexibility index (Phi) is 3.90. The monoisotopic (exact) mass is 248 g/mol. The van der Waals surface area contributed by atoms with Gasteiger partial charge in [-0.2, -0.15) is 0 Å². The molecule has 0 bridgehead atoms. The summed E-state index contributed by atoms with van der Waals surface area (Å²) in [6.45, 7) is 2.08. The molecule has 0 aromatic carbocycles. The van der Waals surface area contributed by atoms with Crippen LogP contribution in [0.25, 0.3) is 0 Å². The lowest BCUT2D eigenvalue weighted by Crippen LogP contribution is -1.96. The average molecular weight is 250 g/mol. The zero-order valence-corrected chi connectivity index (χ0v) is 7.98. The highest BCUT2D eigenvalue weighted by Crippen LogP contribution is 2.35. The molecule has 0 rings (SSSR count). The molecule has 0 aliphatic rings. The molecule has 0 N–H and O–H groups in total. The van der Waals surface area contributed by atoms with Crippen molar-refractivity contribution in [2.75, 3.05) is 0 Å². The zero-order chi connectivity index (χ0) is 5.91. The Balaban J connectivity index is 3.15. The van der Waals surface area contributed by atoms with Gasteiger partial charge in [-0.25, -0.2) is 0 Å². The third kappa shape index (κ3) is 7.25. The SMILES string of the molecule is CCCC(Cl)(Br)Br. The summed E-state index contributed by atoms with van der Waals surface area (Å²) in [4.78, 5) is 0. The van der Waals surface area contributed by atoms with Crippen molar-refractivity contribution in [2.24, 2.45) is 0 Å². The zero-order valence-electron chi connectivity index (χ0n) is 4.05. The molecule has 7 heavy (non-hydrogen) atoms. The van der Waals surface area contributed by atoms with E-state index in [2.05, 4.69) is 38.8 Å². The van der Waals surface area contributed by atoms with Crippen LogP contribution < -0.4 is 0 Å². The molecular formula is C4H7Br2Cl. The second-order valence-electron chi connectivity index (χ2n) is 1.37. The molecule has 0 aromatic heterocycles. The molecule has 0 atom stereocenters. The lowest BCUT2D eigenvalue weighted by molar-refractivity contribution is 0.851. The lowest BCUT2D eigenvalue weighted by atomic mass is 10.4. The fourth-order valence-electron chi connectivity index (χ4n) is 0.283. The molecule has 0 radical (unpaired) electrons. The Bertz CT molecular complexity index is 48.1. The molecule has 0 saturated heterocycles. The van der Waals surface area contributed by atoms with Gasteiger partial charge in [0.05, 0.1) is 0 Å². The van der Waals surface area contributed by atoms with Crippen LogP contribution in [0.2, 0.25) is 0 Å². The molecule has 44 valence electrons. The normalized spacial score (nSPS) is 12.0. The van der Waals surface area contributed by atoms with Crippen LogP contribution in [-0.2, 0) is 0 Å². The van der Waals surface area contributed by atoms with Gasteiger partial charge in [0.15, 0.2) is 2.69 Å². The minimum atomic E-state index is -0.352. The minimum Gasteiger partial charge on any atom is -0.0940 e. The summed E-state index contributed by atoms with van der Waals surface area (Å²) in [7, 11) is 0. The van der Waals surface area contributed by atoms with Crippen molar-refractivity contribution in [1.29, 1.82) is 0 Å². The lowest BCUT2D eigenvalue weighted by Gasteiger charge is -2.06. The summed E-state index contributed by atoms with van der Waals surface area (Å²) in [6, 6.07) is 0. The first kappa shape index (κ1) is 8.25. The highest BCUT2D eigenvalue weighted by molar-refractivity contribution is 9.26. The summed E-state index contributed by atoms with van der Waals surface area (Å²) >= 11 is 12.1. The number of alkyl halides is 3. The van der Waals surface area contributed by atoms with Crippen molar-refractivity contribution in [2.45, 2.75) is 22.5 Å². The fraction of sp³-hybridized carbons (Fsp3) is 1.00. The van der Waals surface area contributed by atoms with E-state index in [0.29, 0.717) is 0 Å². The van der Waals surface area contributed by atoms with E-state index in [1.165, 1.54) is 0 Å². The molecule has 0 saturated carbocycles. The Labute approximate surface area is 65.9 Å². The van der Waals surface area contributed by atoms with Crippen LogP contribution in [-0.4, -0.2) is 2.69 Å². The smallest absolute Gasteiger partial charge is 0.0940 e. The molecule has 0 aliphatic carbocycles. The number of halogens is 3. The molecule has 0 spiro atoms. The van der Waals surface area contributed by atoms with E-state index in [-0.39, 0.29) is 2.69 Å². The molecule has 0 aromatic rings. The second kappa shape index (κ2) is 3.31. The Morgan fingerprint density at radius 3 is 2.00 bits per heavy atom. The van der Waals surface area contributed by atoms with Gasteiger partial charge in [0.25, 0.3) is 0 Å². The molecule has 0 heterocycles. The number of rotatable bonds is 2. The van der Waals surface area contributed by atoms with Crippen molar-refractivity contribution in [3.8, 4) is 0 Å². The highest BCUT2D eigenvalue weighted by Gasteiger charge is 2.15. The van der Waals surface area contributed by atoms with Gasteiger partial charge in [-0.15, -0.1) is 0 Å². The van der Waals surface area contributed by atoms with E-state index < -0.39 is 0 Å². The first-order valence-corrected chi connectivity index (χ1v) is 4.09. The largest absolute Gasteiger partial charge is 0.153 e. The van der Waals surface area contributed by atoms with Crippen LogP contribution in [0.3, 0.4) is 0 Å². The summed E-state index contributed by atoms with van der Waals surface area (Å²) in [5.41, 5.74) is 0. The van der Waals surface area contributed by atoms with Gasteiger partial charge < -0.3 is 0 Å². The van der Waals surface area contributed by atoms with E-state index in [1.807, 2.05) is 0 Å². The fourth-order valence-corrected chi connectivity index (χ4v) is 1.27. The molecule has 3 heteroatoms. The van der Waals surface area contributed by atoms with Crippen molar-refractivity contribution in [3.05, 3.63) is 0 Å². The Morgan fingerprint density at radius 2 is 2.00 bits per heavy atom. The van der Waals surface area contributed by atoms with Crippen LogP contribution in [0.1, 0.15) is 19.8 Å². The van der Waals surface area contributed by atoms with E-state index in [9.17, 15) is 0 Å². The first-order valence-electron chi connectivity index (χ1n) is 2.13. The summed E-state index contributed by atoms with van der Waals surface area (Å²) < 4.78 is -0.352. The maximum Gasteiger partial charge on any atom is 0.153 e. The van der Waals surface area contributed by atoms with Gasteiger partial charge >= 0.3 is 0 Å². The first-order chi connectivity index (χ1) is 3.06. The highest BCUT2D eigenvalue weighted by atomic mass is 79.9. The van der Waals surface area contributed by atoms with E-state index in [4.69, 9.17) is 11.6 Å². The van der Waals surface area contributed by atoms with Crippen LogP contribution in [0.4, 0.5) is 0 Å². The summed E-state index contributed by atoms with van der Waals surface area (Å²) in [6.07, 6.45) is 2.02. The molecular weight excluding hydrogens is 243 g/mol. The number of hydrogen-bond donors (Lipinski definition) is 0. The van der Waals surface area contributed by atoms with Crippen LogP contribution >= 0.6 is 43.5 Å². The molecule has 0 amide bonds. The van der Waals surface area contributed by atoms with Crippen LogP contribution in [0.5, 0.6) is 0 Å². The third-order valence-corrected chi connectivity index (χ3v) is 1.52. The Morgan fingerprint density at radius 1 is 1.57 bits per heavy atom. The molecule has 0 nitrogen and oxygen atoms in total. The van der Waals surface area contributed by atoms with Crippen molar-refractivity contribution >= 4 is 43.5 Å². The standard InChI is InChI=1S/C4H7Br2Cl/c1-2-3-4(5,6)7/h2-3H2,1H3. The van der Waals surface area contributed by atoms with Gasteiger partial charge in [-0.3, -0.25) is 0 Å². The molecule has 0 aliphatic heterocycles. The predicted molar refractivity (Wildman–Crippen MR) is 41.3 cm³/mol. The van der Waals surface area contributed by atoms with Crippen molar-refractivity contribution in [1.82, 2.24) is 0 Å². The van der Waals surface area contributed by atoms with Crippen molar-refractivity contribution in [3.63, 3.8) is 0 Å². The molecule has 0 fully saturated rings. The van der Waals surface area contributed by atoms with E-state index >= 15 is 0 Å². The van der Waals surface area contributed by atoms with Gasteiger partial charge in [-0.05, 0) is 6.42 Å². The minimum absolute atomic E-state index is 0.352. The van der Waals surface area contributed by atoms with E-state index in [1.54, 1.807) is 0 Å². The maximum absolute atomic E-state index is 5.67. The van der Waals surface area contributed by atoms with Gasteiger partial charge in [-0.1, -0.05) is 56.8 Å². The predicted octanol–water partition coefficient (Wildman–Crippen LogP) is 3.47. The van der Waals surface area contributed by atoms with E-state index in [0.717, 1.165) is 12.8 Å². The maximum atomic E-state index is 5.67. The quantitative estimate of drug-likeness (QED) is 0.658. The topological polar surface area (TPSA) is 0 Å². The second-order valence-corrected chi connectivity index (χ2v) is 6.70. The van der Waals surface area contributed by atoms with Gasteiger partial charge in [0, 0.05) is 0 Å². The van der Waals surface area contributed by atoms with Crippen LogP contribution in [0, 0.1) is 0 Å². The molecule has 0 unspecified atom stereocenters. The van der Waals surface area contributed by atoms with Gasteiger partial charge in [0.2, 0.25) is 0 Å².